The lowest BCUT2D eigenvalue weighted by atomic mass is 10.0. The second kappa shape index (κ2) is 7.63. The molecule has 0 spiro atoms. The Hall–Kier alpha value is -0.750. The van der Waals surface area contributed by atoms with Gasteiger partial charge in [-0.2, -0.15) is 5.26 Å². The summed E-state index contributed by atoms with van der Waals surface area (Å²) in [7, 11) is 0. The second-order valence-electron chi connectivity index (χ2n) is 4.27. The molecule has 0 aliphatic heterocycles. The van der Waals surface area contributed by atoms with Crippen LogP contribution >= 0.6 is 23.2 Å². The molecule has 0 aliphatic rings. The van der Waals surface area contributed by atoms with Crippen molar-refractivity contribution in [3.63, 3.8) is 0 Å². The van der Waals surface area contributed by atoms with Crippen LogP contribution in [0.25, 0.3) is 0 Å². The number of hydrogen-bond donors (Lipinski definition) is 1. The monoisotopic (exact) mass is 284 g/mol. The largest absolute Gasteiger partial charge is 0.306 e. The van der Waals surface area contributed by atoms with Crippen LogP contribution < -0.4 is 5.32 Å². The van der Waals surface area contributed by atoms with Gasteiger partial charge < -0.3 is 5.32 Å². The molecule has 0 aliphatic carbocycles. The molecule has 0 heterocycles. The van der Waals surface area contributed by atoms with Crippen molar-refractivity contribution in [3.05, 3.63) is 33.8 Å². The maximum absolute atomic E-state index is 8.78. The third-order valence-electron chi connectivity index (χ3n) is 3.02. The zero-order valence-corrected chi connectivity index (χ0v) is 12.2. The molecule has 0 aromatic heterocycles. The van der Waals surface area contributed by atoms with Crippen molar-refractivity contribution in [2.24, 2.45) is 0 Å². The van der Waals surface area contributed by atoms with Gasteiger partial charge in [0.25, 0.3) is 0 Å². The lowest BCUT2D eigenvalue weighted by Crippen LogP contribution is -2.31. The minimum Gasteiger partial charge on any atom is -0.306 e. The van der Waals surface area contributed by atoms with Gasteiger partial charge in [0.2, 0.25) is 0 Å². The normalized spacial score (nSPS) is 13.9. The quantitative estimate of drug-likeness (QED) is 0.820. The van der Waals surface area contributed by atoms with E-state index in [1.807, 2.05) is 18.2 Å². The van der Waals surface area contributed by atoms with Gasteiger partial charge in [0, 0.05) is 12.1 Å². The zero-order chi connectivity index (χ0) is 13.5. The third kappa shape index (κ3) is 4.17. The predicted molar refractivity (Wildman–Crippen MR) is 76.9 cm³/mol. The fraction of sp³-hybridized carbons (Fsp3) is 0.500. The highest BCUT2D eigenvalue weighted by atomic mass is 35.5. The Morgan fingerprint density at radius 1 is 1.22 bits per heavy atom. The van der Waals surface area contributed by atoms with E-state index in [4.69, 9.17) is 28.5 Å². The summed E-state index contributed by atoms with van der Waals surface area (Å²) in [6, 6.07) is 8.32. The highest BCUT2D eigenvalue weighted by molar-refractivity contribution is 6.42. The van der Waals surface area contributed by atoms with Crippen LogP contribution in [-0.2, 0) is 0 Å². The molecule has 2 atom stereocenters. The standard InChI is InChI=1S/C14H18Cl2N2/c1-3-11(7-8-17)18-14(4-2)10-5-6-12(15)13(16)9-10/h5-6,9,11,14,18H,3-4,7H2,1-2H3. The van der Waals surface area contributed by atoms with Crippen LogP contribution in [0.5, 0.6) is 0 Å². The first kappa shape index (κ1) is 15.3. The van der Waals surface area contributed by atoms with Crippen molar-refractivity contribution >= 4 is 23.2 Å². The molecule has 4 heteroatoms. The van der Waals surface area contributed by atoms with E-state index in [1.165, 1.54) is 0 Å². The van der Waals surface area contributed by atoms with Gasteiger partial charge in [0.15, 0.2) is 0 Å². The minimum absolute atomic E-state index is 0.207. The highest BCUT2D eigenvalue weighted by Crippen LogP contribution is 2.27. The van der Waals surface area contributed by atoms with Gasteiger partial charge in [-0.05, 0) is 30.5 Å². The zero-order valence-electron chi connectivity index (χ0n) is 10.7. The number of benzene rings is 1. The Morgan fingerprint density at radius 3 is 2.44 bits per heavy atom. The number of nitrogens with one attached hydrogen (secondary N) is 1. The Bertz CT molecular complexity index is 426. The first-order valence-corrected chi connectivity index (χ1v) is 6.95. The van der Waals surface area contributed by atoms with E-state index < -0.39 is 0 Å². The molecule has 2 nitrogen and oxygen atoms in total. The highest BCUT2D eigenvalue weighted by Gasteiger charge is 2.15. The molecule has 18 heavy (non-hydrogen) atoms. The van der Waals surface area contributed by atoms with E-state index >= 15 is 0 Å². The first-order valence-electron chi connectivity index (χ1n) is 6.20. The van der Waals surface area contributed by atoms with Crippen LogP contribution in [0, 0.1) is 11.3 Å². The topological polar surface area (TPSA) is 35.8 Å². The van der Waals surface area contributed by atoms with Gasteiger partial charge >= 0.3 is 0 Å². The molecule has 1 rings (SSSR count). The van der Waals surface area contributed by atoms with Crippen molar-refractivity contribution in [1.29, 1.82) is 5.26 Å². The molecule has 0 amide bonds. The van der Waals surface area contributed by atoms with Gasteiger partial charge in [-0.1, -0.05) is 43.1 Å². The van der Waals surface area contributed by atoms with Crippen molar-refractivity contribution in [2.75, 3.05) is 0 Å². The summed E-state index contributed by atoms with van der Waals surface area (Å²) in [6.45, 7) is 4.19. The molecule has 0 bridgehead atoms. The van der Waals surface area contributed by atoms with E-state index in [0.29, 0.717) is 16.5 Å². The van der Waals surface area contributed by atoms with Crippen molar-refractivity contribution < 1.29 is 0 Å². The lowest BCUT2D eigenvalue weighted by Gasteiger charge is -2.23. The number of nitrogens with zero attached hydrogens (tertiary/aromatic N) is 1. The Labute approximate surface area is 119 Å². The smallest absolute Gasteiger partial charge is 0.0638 e. The van der Waals surface area contributed by atoms with E-state index in [-0.39, 0.29) is 12.1 Å². The van der Waals surface area contributed by atoms with Crippen LogP contribution in [0.1, 0.15) is 44.7 Å². The molecular formula is C14H18Cl2N2. The van der Waals surface area contributed by atoms with Crippen LogP contribution in [0.4, 0.5) is 0 Å². The fourth-order valence-corrected chi connectivity index (χ4v) is 2.20. The average Bonchev–Trinajstić information content (AvgIpc) is 2.38. The first-order chi connectivity index (χ1) is 8.62. The summed E-state index contributed by atoms with van der Waals surface area (Å²) in [5.41, 5.74) is 1.11. The van der Waals surface area contributed by atoms with Crippen LogP contribution in [0.2, 0.25) is 10.0 Å². The summed E-state index contributed by atoms with van der Waals surface area (Å²) in [5.74, 6) is 0. The number of halogens is 2. The van der Waals surface area contributed by atoms with E-state index in [0.717, 1.165) is 18.4 Å². The van der Waals surface area contributed by atoms with Gasteiger partial charge in [0.1, 0.15) is 0 Å². The summed E-state index contributed by atoms with van der Waals surface area (Å²) in [5, 5.41) is 13.4. The van der Waals surface area contributed by atoms with Crippen molar-refractivity contribution in [3.8, 4) is 6.07 Å². The second-order valence-corrected chi connectivity index (χ2v) is 5.08. The Morgan fingerprint density at radius 2 is 1.94 bits per heavy atom. The van der Waals surface area contributed by atoms with Gasteiger partial charge in [-0.25, -0.2) is 0 Å². The van der Waals surface area contributed by atoms with Gasteiger partial charge in [0.05, 0.1) is 22.5 Å². The summed E-state index contributed by atoms with van der Waals surface area (Å²) < 4.78 is 0. The van der Waals surface area contributed by atoms with E-state index in [2.05, 4.69) is 25.2 Å². The number of rotatable bonds is 6. The van der Waals surface area contributed by atoms with Crippen LogP contribution in [-0.4, -0.2) is 6.04 Å². The lowest BCUT2D eigenvalue weighted by molar-refractivity contribution is 0.420. The molecule has 1 aromatic carbocycles. The average molecular weight is 285 g/mol. The molecule has 1 N–H and O–H groups in total. The van der Waals surface area contributed by atoms with Crippen molar-refractivity contribution in [1.82, 2.24) is 5.32 Å². The maximum Gasteiger partial charge on any atom is 0.0638 e. The number of nitriles is 1. The molecule has 2 unspecified atom stereocenters. The number of hydrogen-bond acceptors (Lipinski definition) is 2. The SMILES string of the molecule is CCC(CC#N)NC(CC)c1ccc(Cl)c(Cl)c1. The molecule has 0 radical (unpaired) electrons. The van der Waals surface area contributed by atoms with E-state index in [9.17, 15) is 0 Å². The molecule has 0 saturated heterocycles. The summed E-state index contributed by atoms with van der Waals surface area (Å²) in [4.78, 5) is 0. The third-order valence-corrected chi connectivity index (χ3v) is 3.76. The summed E-state index contributed by atoms with van der Waals surface area (Å²) in [6.07, 6.45) is 2.40. The maximum atomic E-state index is 8.78. The minimum atomic E-state index is 0.207. The molecule has 0 saturated carbocycles. The fourth-order valence-electron chi connectivity index (χ4n) is 1.89. The molecule has 0 fully saturated rings. The van der Waals surface area contributed by atoms with E-state index in [1.54, 1.807) is 0 Å². The molecular weight excluding hydrogens is 267 g/mol. The van der Waals surface area contributed by atoms with Crippen molar-refractivity contribution in [2.45, 2.75) is 45.2 Å². The van der Waals surface area contributed by atoms with Gasteiger partial charge in [-0.3, -0.25) is 0 Å². The molecule has 98 valence electrons. The molecule has 1 aromatic rings. The summed E-state index contributed by atoms with van der Waals surface area (Å²) >= 11 is 12.0. The van der Waals surface area contributed by atoms with Crippen LogP contribution in [0.15, 0.2) is 18.2 Å². The van der Waals surface area contributed by atoms with Crippen LogP contribution in [0.3, 0.4) is 0 Å². The van der Waals surface area contributed by atoms with Gasteiger partial charge in [-0.15, -0.1) is 0 Å². The Balaban J connectivity index is 2.82. The Kier molecular flexibility index (Phi) is 6.49. The predicted octanol–water partition coefficient (Wildman–Crippen LogP) is 4.73.